The first-order chi connectivity index (χ1) is 29.5. The lowest BCUT2D eigenvalue weighted by atomic mass is 9.80. The van der Waals surface area contributed by atoms with E-state index in [0.29, 0.717) is 11.4 Å². The Morgan fingerprint density at radius 3 is 2.52 bits per heavy atom. The van der Waals surface area contributed by atoms with Crippen LogP contribution in [0.3, 0.4) is 0 Å². The highest BCUT2D eigenvalue weighted by atomic mass is 16.3. The number of fused-ring (bicyclic) bond motifs is 11. The van der Waals surface area contributed by atoms with Crippen LogP contribution >= 0.6 is 0 Å². The highest BCUT2D eigenvalue weighted by molar-refractivity contribution is 6.14. The second-order valence-electron chi connectivity index (χ2n) is 17.6. The van der Waals surface area contributed by atoms with Gasteiger partial charge >= 0.3 is 0 Å². The third-order valence-electron chi connectivity index (χ3n) is 14.0. The lowest BCUT2D eigenvalue weighted by Gasteiger charge is -2.24. The van der Waals surface area contributed by atoms with Crippen LogP contribution in [-0.2, 0) is 5.41 Å². The van der Waals surface area contributed by atoms with Crippen molar-refractivity contribution in [1.82, 2.24) is 19.1 Å². The predicted octanol–water partition coefficient (Wildman–Crippen LogP) is 12.3. The van der Waals surface area contributed by atoms with Crippen LogP contribution in [0.1, 0.15) is 68.2 Å². The number of aromatic nitrogens is 4. The smallest absolute Gasteiger partial charge is 0.230 e. The Bertz CT molecular complexity index is 3580. The van der Waals surface area contributed by atoms with Gasteiger partial charge in [-0.2, -0.15) is 0 Å². The first-order valence-corrected chi connectivity index (χ1v) is 21.4. The van der Waals surface area contributed by atoms with Gasteiger partial charge in [-0.25, -0.2) is 9.97 Å². The Labute approximate surface area is 347 Å². The lowest BCUT2D eigenvalue weighted by molar-refractivity contribution is 0.609. The summed E-state index contributed by atoms with van der Waals surface area (Å²) in [5, 5.41) is 8.48. The molecule has 4 aromatic carbocycles. The molecule has 2 atom stereocenters. The Kier molecular flexibility index (Phi) is 7.08. The van der Waals surface area contributed by atoms with Crippen LogP contribution in [-0.4, -0.2) is 19.1 Å². The minimum atomic E-state index is -0.0153. The summed E-state index contributed by atoms with van der Waals surface area (Å²) in [5.41, 5.74) is 15.4. The van der Waals surface area contributed by atoms with Gasteiger partial charge in [-0.1, -0.05) is 105 Å². The van der Waals surface area contributed by atoms with Crippen LogP contribution in [0.4, 0.5) is 0 Å². The first kappa shape index (κ1) is 33.9. The molecule has 60 heavy (non-hydrogen) atoms. The number of nitrogens with zero attached hydrogens (tertiary/aromatic N) is 4. The highest BCUT2D eigenvalue weighted by Crippen LogP contribution is 2.51. The quantitative estimate of drug-likeness (QED) is 0.179. The van der Waals surface area contributed by atoms with Crippen molar-refractivity contribution in [3.05, 3.63) is 179 Å². The number of allylic oxidation sites excluding steroid dienone is 8. The van der Waals surface area contributed by atoms with E-state index in [0.717, 1.165) is 53.3 Å². The Morgan fingerprint density at radius 2 is 1.62 bits per heavy atom. The maximum Gasteiger partial charge on any atom is 0.230 e. The van der Waals surface area contributed by atoms with E-state index < -0.39 is 0 Å². The van der Waals surface area contributed by atoms with Gasteiger partial charge in [0.05, 0.1) is 27.8 Å². The van der Waals surface area contributed by atoms with Crippen LogP contribution in [0.5, 0.6) is 0 Å². The molecule has 5 nitrogen and oxygen atoms in total. The van der Waals surface area contributed by atoms with Gasteiger partial charge in [-0.3, -0.25) is 0 Å². The molecular weight excluding hydrogens is 733 g/mol. The maximum atomic E-state index is 6.39. The standard InChI is InChI=1S/C55H42N4O/c1-55(2)46-19-11-9-17-39(46)41-30-44-43-27-33(21-23-50(43)59(51(44)31-47(41)55)37-15-7-4-8-16-37)35-29-45-52-38(25-26-56-54(52)60-53(45)57-32-35)34-22-24-49-42(28-34)40-18-10-12-20-48(40)58(49)36-13-5-3-6-14-36/h3-8,10-15,18-20,22-33,37H,9,16-17,21H2,1-2H3. The van der Waals surface area contributed by atoms with E-state index >= 15 is 0 Å². The molecule has 288 valence electrons. The summed E-state index contributed by atoms with van der Waals surface area (Å²) in [6, 6.07) is 35.9. The monoisotopic (exact) mass is 774 g/mol. The molecule has 0 N–H and O–H groups in total. The van der Waals surface area contributed by atoms with E-state index in [9.17, 15) is 0 Å². The van der Waals surface area contributed by atoms with Crippen molar-refractivity contribution in [2.24, 2.45) is 0 Å². The molecule has 5 heterocycles. The van der Waals surface area contributed by atoms with E-state index in [2.05, 4.69) is 169 Å². The van der Waals surface area contributed by atoms with Crippen molar-refractivity contribution in [2.75, 3.05) is 0 Å². The average molecular weight is 775 g/mol. The van der Waals surface area contributed by atoms with Gasteiger partial charge in [0, 0.05) is 61.7 Å². The summed E-state index contributed by atoms with van der Waals surface area (Å²) >= 11 is 0. The maximum absolute atomic E-state index is 6.39. The SMILES string of the molecule is CC1(C)C2=C(CCC=C2)c2cc3c4c(n(C5C=CC=CC5)c3cc21)=CCC(c1cnc2oc3nccc(-c5ccc6c(c5)c5ccccc5n6-c5ccccc5)c3c2c1)C=4. The number of benzene rings is 4. The van der Waals surface area contributed by atoms with Crippen molar-refractivity contribution in [3.8, 4) is 16.8 Å². The van der Waals surface area contributed by atoms with Crippen LogP contribution in [0, 0.1) is 0 Å². The zero-order valence-corrected chi connectivity index (χ0v) is 33.7. The van der Waals surface area contributed by atoms with Gasteiger partial charge in [-0.05, 0) is 119 Å². The minimum absolute atomic E-state index is 0.0153. The van der Waals surface area contributed by atoms with Gasteiger partial charge < -0.3 is 13.6 Å². The topological polar surface area (TPSA) is 48.8 Å². The number of para-hydroxylation sites is 2. The minimum Gasteiger partial charge on any atom is -0.419 e. The molecule has 0 bridgehead atoms. The molecule has 5 heteroatoms. The van der Waals surface area contributed by atoms with Crippen molar-refractivity contribution in [1.29, 1.82) is 0 Å². The lowest BCUT2D eigenvalue weighted by Crippen LogP contribution is -2.34. The number of furan rings is 1. The van der Waals surface area contributed by atoms with Crippen molar-refractivity contribution >= 4 is 72.6 Å². The summed E-state index contributed by atoms with van der Waals surface area (Å²) in [4.78, 5) is 9.72. The zero-order valence-electron chi connectivity index (χ0n) is 33.7. The summed E-state index contributed by atoms with van der Waals surface area (Å²) in [5.74, 6) is 0.165. The fourth-order valence-electron chi connectivity index (χ4n) is 11.1. The first-order valence-electron chi connectivity index (χ1n) is 21.4. The third-order valence-corrected chi connectivity index (χ3v) is 14.0. The molecule has 0 saturated carbocycles. The average Bonchev–Trinajstić information content (AvgIpc) is 4.00. The number of rotatable bonds is 4. The molecule has 0 radical (unpaired) electrons. The zero-order chi connectivity index (χ0) is 39.7. The molecule has 0 aliphatic heterocycles. The van der Waals surface area contributed by atoms with Crippen LogP contribution < -0.4 is 10.6 Å². The van der Waals surface area contributed by atoms with E-state index in [1.54, 1.807) is 0 Å². The number of pyridine rings is 2. The molecule has 4 aliphatic rings. The van der Waals surface area contributed by atoms with E-state index in [1.807, 2.05) is 12.4 Å². The van der Waals surface area contributed by atoms with Crippen LogP contribution in [0.15, 0.2) is 156 Å². The largest absolute Gasteiger partial charge is 0.419 e. The summed E-state index contributed by atoms with van der Waals surface area (Å²) in [7, 11) is 0. The van der Waals surface area contributed by atoms with Crippen molar-refractivity contribution in [2.45, 2.75) is 56.9 Å². The Hall–Kier alpha value is -6.98. The molecule has 0 amide bonds. The fraction of sp³-hybridized carbons (Fsp3) is 0.164. The normalized spacial score (nSPS) is 19.0. The molecule has 9 aromatic rings. The molecule has 2 unspecified atom stereocenters. The highest BCUT2D eigenvalue weighted by Gasteiger charge is 2.38. The van der Waals surface area contributed by atoms with Crippen LogP contribution in [0.25, 0.3) is 89.4 Å². The molecule has 13 rings (SSSR count). The third kappa shape index (κ3) is 4.74. The van der Waals surface area contributed by atoms with Crippen molar-refractivity contribution < 1.29 is 4.42 Å². The van der Waals surface area contributed by atoms with Gasteiger partial charge in [0.2, 0.25) is 11.4 Å². The fourth-order valence-corrected chi connectivity index (χ4v) is 11.1. The molecule has 0 spiro atoms. The molecule has 0 saturated heterocycles. The molecule has 4 aliphatic carbocycles. The van der Waals surface area contributed by atoms with Gasteiger partial charge in [0.15, 0.2) is 0 Å². The molecular formula is C55H42N4O. The van der Waals surface area contributed by atoms with E-state index in [1.165, 1.54) is 71.1 Å². The van der Waals surface area contributed by atoms with Gasteiger partial charge in [-0.15, -0.1) is 0 Å². The Morgan fingerprint density at radius 1 is 0.733 bits per heavy atom. The van der Waals surface area contributed by atoms with Gasteiger partial charge in [0.1, 0.15) is 0 Å². The van der Waals surface area contributed by atoms with E-state index in [4.69, 9.17) is 14.4 Å². The second-order valence-corrected chi connectivity index (χ2v) is 17.6. The van der Waals surface area contributed by atoms with E-state index in [-0.39, 0.29) is 17.4 Å². The number of hydrogen-bond donors (Lipinski definition) is 0. The van der Waals surface area contributed by atoms with Crippen molar-refractivity contribution in [3.63, 3.8) is 0 Å². The summed E-state index contributed by atoms with van der Waals surface area (Å²) in [6.45, 7) is 4.82. The van der Waals surface area contributed by atoms with Gasteiger partial charge in [0.25, 0.3) is 0 Å². The second kappa shape index (κ2) is 12.5. The molecule has 5 aromatic heterocycles. The summed E-state index contributed by atoms with van der Waals surface area (Å²) < 4.78 is 11.4. The Balaban J connectivity index is 0.973. The number of hydrogen-bond acceptors (Lipinski definition) is 3. The van der Waals surface area contributed by atoms with Crippen LogP contribution in [0.2, 0.25) is 0 Å². The summed E-state index contributed by atoms with van der Waals surface area (Å²) in [6.07, 6.45) is 26.8. The molecule has 0 fully saturated rings. The predicted molar refractivity (Wildman–Crippen MR) is 247 cm³/mol.